The smallest absolute Gasteiger partial charge is 0.0249 e. The topological polar surface area (TPSA) is 24.1 Å². The Bertz CT molecular complexity index is 410. The molecule has 2 nitrogen and oxygen atoms in total. The fourth-order valence-corrected chi connectivity index (χ4v) is 2.99. The number of rotatable bonds is 6. The van der Waals surface area contributed by atoms with Crippen LogP contribution in [0.1, 0.15) is 43.4 Å². The van der Waals surface area contributed by atoms with Crippen LogP contribution in [0.2, 0.25) is 0 Å². The van der Waals surface area contributed by atoms with Crippen LogP contribution in [-0.4, -0.2) is 25.7 Å². The molecule has 1 aliphatic carbocycles. The molecule has 1 aromatic carbocycles. The van der Waals surface area contributed by atoms with E-state index in [0.717, 1.165) is 19.5 Å². The first-order valence-electron chi connectivity index (χ1n) is 7.61. The van der Waals surface area contributed by atoms with Gasteiger partial charge in [-0.05, 0) is 76.2 Å². The summed E-state index contributed by atoms with van der Waals surface area (Å²) in [6.07, 6.45) is 6.42. The Hall–Kier alpha value is -0.860. The van der Waals surface area contributed by atoms with Crippen LogP contribution in [0.3, 0.4) is 0 Å². The second-order valence-corrected chi connectivity index (χ2v) is 6.40. The van der Waals surface area contributed by atoms with Gasteiger partial charge in [-0.1, -0.05) is 18.2 Å². The first-order chi connectivity index (χ1) is 9.11. The lowest BCUT2D eigenvalue weighted by molar-refractivity contribution is 0.378. The molecule has 0 saturated carbocycles. The maximum Gasteiger partial charge on any atom is 0.0249 e. The summed E-state index contributed by atoms with van der Waals surface area (Å²) in [5.74, 6) is 0. The van der Waals surface area contributed by atoms with Crippen LogP contribution in [0.25, 0.3) is 0 Å². The fourth-order valence-electron chi connectivity index (χ4n) is 2.99. The lowest BCUT2D eigenvalue weighted by Gasteiger charge is -2.26. The Morgan fingerprint density at radius 3 is 2.58 bits per heavy atom. The number of likely N-dealkylation sites (N-methyl/N-ethyl adjacent to an activating group) is 1. The molecular weight excluding hydrogens is 232 g/mol. The molecule has 1 aliphatic rings. The van der Waals surface area contributed by atoms with Crippen molar-refractivity contribution in [2.24, 2.45) is 0 Å². The molecule has 1 aromatic rings. The first kappa shape index (κ1) is 14.5. The lowest BCUT2D eigenvalue weighted by atomic mass is 9.90. The molecule has 0 aromatic heterocycles. The molecule has 0 atom stereocenters. The normalized spacial score (nSPS) is 15.3. The van der Waals surface area contributed by atoms with E-state index in [4.69, 9.17) is 0 Å². The van der Waals surface area contributed by atoms with E-state index in [0.29, 0.717) is 0 Å². The maximum atomic E-state index is 3.63. The third-order valence-corrected chi connectivity index (χ3v) is 4.05. The zero-order valence-corrected chi connectivity index (χ0v) is 12.7. The Balaban J connectivity index is 1.86. The van der Waals surface area contributed by atoms with Crippen molar-refractivity contribution in [1.82, 2.24) is 10.6 Å². The maximum absolute atomic E-state index is 3.63. The second kappa shape index (κ2) is 6.53. The summed E-state index contributed by atoms with van der Waals surface area (Å²) >= 11 is 0. The van der Waals surface area contributed by atoms with Crippen molar-refractivity contribution in [2.75, 3.05) is 20.1 Å². The largest absolute Gasteiger partial charge is 0.318 e. The minimum Gasteiger partial charge on any atom is -0.318 e. The number of hydrogen-bond acceptors (Lipinski definition) is 2. The van der Waals surface area contributed by atoms with Crippen LogP contribution in [-0.2, 0) is 19.3 Å². The number of hydrogen-bond donors (Lipinski definition) is 2. The summed E-state index contributed by atoms with van der Waals surface area (Å²) in [7, 11) is 2.01. The van der Waals surface area contributed by atoms with Gasteiger partial charge in [0, 0.05) is 12.1 Å². The Morgan fingerprint density at radius 1 is 1.11 bits per heavy atom. The average molecular weight is 260 g/mol. The van der Waals surface area contributed by atoms with E-state index in [2.05, 4.69) is 42.7 Å². The summed E-state index contributed by atoms with van der Waals surface area (Å²) in [6, 6.07) is 7.10. The molecule has 2 heteroatoms. The van der Waals surface area contributed by atoms with Gasteiger partial charge >= 0.3 is 0 Å². The minimum atomic E-state index is 0.170. The van der Waals surface area contributed by atoms with Gasteiger partial charge in [-0.2, -0.15) is 0 Å². The van der Waals surface area contributed by atoms with Gasteiger partial charge in [0.05, 0.1) is 0 Å². The van der Waals surface area contributed by atoms with Gasteiger partial charge in [0.15, 0.2) is 0 Å². The van der Waals surface area contributed by atoms with E-state index in [-0.39, 0.29) is 5.54 Å². The molecule has 0 spiro atoms. The molecule has 0 unspecified atom stereocenters. The first-order valence-corrected chi connectivity index (χ1v) is 7.61. The van der Waals surface area contributed by atoms with Crippen molar-refractivity contribution in [3.63, 3.8) is 0 Å². The minimum absolute atomic E-state index is 0.170. The quantitative estimate of drug-likeness (QED) is 0.822. The predicted molar refractivity (Wildman–Crippen MR) is 82.8 cm³/mol. The Kier molecular flexibility index (Phi) is 5.00. The molecule has 2 N–H and O–H groups in total. The Morgan fingerprint density at radius 2 is 1.84 bits per heavy atom. The van der Waals surface area contributed by atoms with Crippen molar-refractivity contribution in [3.05, 3.63) is 34.9 Å². The number of benzene rings is 1. The van der Waals surface area contributed by atoms with Gasteiger partial charge in [0.2, 0.25) is 0 Å². The lowest BCUT2D eigenvalue weighted by Crippen LogP contribution is -2.47. The van der Waals surface area contributed by atoms with E-state index in [1.165, 1.54) is 31.2 Å². The van der Waals surface area contributed by atoms with Gasteiger partial charge in [-0.25, -0.2) is 0 Å². The number of aryl methyl sites for hydroxylation is 2. The van der Waals surface area contributed by atoms with Crippen molar-refractivity contribution in [2.45, 2.75) is 51.5 Å². The molecule has 19 heavy (non-hydrogen) atoms. The van der Waals surface area contributed by atoms with E-state index in [1.54, 1.807) is 11.1 Å². The number of nitrogens with one attached hydrogen (secondary N) is 2. The highest BCUT2D eigenvalue weighted by molar-refractivity contribution is 5.33. The van der Waals surface area contributed by atoms with Crippen molar-refractivity contribution in [1.29, 1.82) is 0 Å². The van der Waals surface area contributed by atoms with Gasteiger partial charge < -0.3 is 10.6 Å². The molecule has 0 bridgehead atoms. The average Bonchev–Trinajstić information content (AvgIpc) is 2.38. The van der Waals surface area contributed by atoms with Gasteiger partial charge in [-0.3, -0.25) is 0 Å². The standard InChI is InChI=1S/C17H28N2/c1-17(2,13-18-3)19-11-10-14-8-9-15-6-4-5-7-16(15)12-14/h8-9,12,18-19H,4-7,10-11,13H2,1-3H3. The molecule has 106 valence electrons. The van der Waals surface area contributed by atoms with Crippen LogP contribution in [0, 0.1) is 0 Å². The zero-order valence-electron chi connectivity index (χ0n) is 12.7. The molecule has 0 saturated heterocycles. The van der Waals surface area contributed by atoms with E-state index in [9.17, 15) is 0 Å². The Labute approximate surface area is 118 Å². The van der Waals surface area contributed by atoms with E-state index < -0.39 is 0 Å². The van der Waals surface area contributed by atoms with Gasteiger partial charge in [-0.15, -0.1) is 0 Å². The molecular formula is C17H28N2. The van der Waals surface area contributed by atoms with Crippen molar-refractivity contribution in [3.8, 4) is 0 Å². The predicted octanol–water partition coefficient (Wildman–Crippen LogP) is 2.70. The summed E-state index contributed by atoms with van der Waals surface area (Å²) in [6.45, 7) is 6.54. The molecule has 0 fully saturated rings. The number of fused-ring (bicyclic) bond motifs is 1. The SMILES string of the molecule is CNCC(C)(C)NCCc1ccc2c(c1)CCCC2. The van der Waals surface area contributed by atoms with Crippen molar-refractivity contribution >= 4 is 0 Å². The van der Waals surface area contributed by atoms with Crippen LogP contribution in [0.4, 0.5) is 0 Å². The van der Waals surface area contributed by atoms with Crippen LogP contribution in [0.5, 0.6) is 0 Å². The van der Waals surface area contributed by atoms with Crippen LogP contribution in [0.15, 0.2) is 18.2 Å². The molecule has 0 aliphatic heterocycles. The third-order valence-electron chi connectivity index (χ3n) is 4.05. The third kappa shape index (κ3) is 4.32. The van der Waals surface area contributed by atoms with Crippen LogP contribution >= 0.6 is 0 Å². The van der Waals surface area contributed by atoms with Gasteiger partial charge in [0.1, 0.15) is 0 Å². The highest BCUT2D eigenvalue weighted by atomic mass is 15.0. The molecule has 0 radical (unpaired) electrons. The van der Waals surface area contributed by atoms with E-state index in [1.807, 2.05) is 7.05 Å². The summed E-state index contributed by atoms with van der Waals surface area (Å²) in [5.41, 5.74) is 4.83. The summed E-state index contributed by atoms with van der Waals surface area (Å²) < 4.78 is 0. The van der Waals surface area contributed by atoms with Gasteiger partial charge in [0.25, 0.3) is 0 Å². The fraction of sp³-hybridized carbons (Fsp3) is 0.647. The monoisotopic (exact) mass is 260 g/mol. The summed E-state index contributed by atoms with van der Waals surface area (Å²) in [4.78, 5) is 0. The highest BCUT2D eigenvalue weighted by Crippen LogP contribution is 2.22. The van der Waals surface area contributed by atoms with Crippen LogP contribution < -0.4 is 10.6 Å². The summed E-state index contributed by atoms with van der Waals surface area (Å²) in [5, 5.41) is 6.86. The molecule has 2 rings (SSSR count). The van der Waals surface area contributed by atoms with Crippen molar-refractivity contribution < 1.29 is 0 Å². The molecule has 0 heterocycles. The molecule has 0 amide bonds. The zero-order chi connectivity index (χ0) is 13.7. The highest BCUT2D eigenvalue weighted by Gasteiger charge is 2.15. The van der Waals surface area contributed by atoms with E-state index >= 15 is 0 Å². The second-order valence-electron chi connectivity index (χ2n) is 6.40.